The summed E-state index contributed by atoms with van der Waals surface area (Å²) in [6.45, 7) is 4.83. The lowest BCUT2D eigenvalue weighted by molar-refractivity contribution is 0.337. The number of hydrogen-bond acceptors (Lipinski definition) is 2. The Morgan fingerprint density at radius 2 is 2.18 bits per heavy atom. The summed E-state index contributed by atoms with van der Waals surface area (Å²) < 4.78 is 13.6. The topological polar surface area (TPSA) is 35.8 Å². The van der Waals surface area contributed by atoms with Gasteiger partial charge in [0.15, 0.2) is 0 Å². The van der Waals surface area contributed by atoms with Gasteiger partial charge in [-0.3, -0.25) is 0 Å². The van der Waals surface area contributed by atoms with Gasteiger partial charge in [-0.25, -0.2) is 4.39 Å². The third-order valence-electron chi connectivity index (χ3n) is 3.51. The number of halogens is 1. The minimum absolute atomic E-state index is 0.0698. The van der Waals surface area contributed by atoms with Gasteiger partial charge < -0.3 is 5.32 Å². The van der Waals surface area contributed by atoms with Gasteiger partial charge in [0, 0.05) is 17.6 Å². The van der Waals surface area contributed by atoms with Gasteiger partial charge in [-0.1, -0.05) is 6.07 Å². The van der Waals surface area contributed by atoms with Crippen molar-refractivity contribution in [1.29, 1.82) is 5.26 Å². The van der Waals surface area contributed by atoms with E-state index in [0.717, 1.165) is 0 Å². The van der Waals surface area contributed by atoms with Crippen LogP contribution in [-0.4, -0.2) is 5.54 Å². The molecule has 0 radical (unpaired) electrons. The lowest BCUT2D eigenvalue weighted by atomic mass is 9.98. The van der Waals surface area contributed by atoms with Crippen LogP contribution in [0.5, 0.6) is 0 Å². The highest BCUT2D eigenvalue weighted by Gasteiger charge is 2.37. The Hall–Kier alpha value is -1.40. The Bertz CT molecular complexity index is 456. The minimum atomic E-state index is -0.303. The second-order valence-corrected chi connectivity index (χ2v) is 5.27. The molecule has 1 aromatic rings. The average Bonchev–Trinajstić information content (AvgIpc) is 3.11. The van der Waals surface area contributed by atoms with Gasteiger partial charge in [-0.05, 0) is 44.7 Å². The molecule has 1 N–H and O–H groups in total. The van der Waals surface area contributed by atoms with Crippen molar-refractivity contribution in [2.45, 2.75) is 38.8 Å². The van der Waals surface area contributed by atoms with Crippen LogP contribution in [0.1, 0.15) is 37.8 Å². The molecular weight excluding hydrogens is 215 g/mol. The highest BCUT2D eigenvalue weighted by atomic mass is 19.1. The van der Waals surface area contributed by atoms with Gasteiger partial charge in [0.2, 0.25) is 0 Å². The number of nitrogens with zero attached hydrogens (tertiary/aromatic N) is 1. The van der Waals surface area contributed by atoms with E-state index in [2.05, 4.69) is 19.2 Å². The second-order valence-electron chi connectivity index (χ2n) is 5.27. The Labute approximate surface area is 101 Å². The molecule has 0 spiro atoms. The Morgan fingerprint density at radius 3 is 2.71 bits per heavy atom. The summed E-state index contributed by atoms with van der Waals surface area (Å²) >= 11 is 0. The van der Waals surface area contributed by atoms with Crippen molar-refractivity contribution >= 4 is 0 Å². The standard InChI is InChI=1S/C14H17FN2/c1-14(2,12-5-6-12)17-9-11-4-3-10(8-16)7-13(11)15/h3-4,7,12,17H,5-6,9H2,1-2H3. The monoisotopic (exact) mass is 232 g/mol. The number of nitriles is 1. The smallest absolute Gasteiger partial charge is 0.129 e. The predicted octanol–water partition coefficient (Wildman–Crippen LogP) is 2.98. The molecule has 17 heavy (non-hydrogen) atoms. The molecular formula is C14H17FN2. The normalized spacial score (nSPS) is 15.6. The molecule has 0 saturated heterocycles. The third kappa shape index (κ3) is 2.83. The van der Waals surface area contributed by atoms with E-state index >= 15 is 0 Å². The van der Waals surface area contributed by atoms with Crippen LogP contribution in [-0.2, 0) is 6.54 Å². The molecule has 0 aromatic heterocycles. The summed E-state index contributed by atoms with van der Waals surface area (Å²) in [5, 5.41) is 12.1. The average molecular weight is 232 g/mol. The second kappa shape index (κ2) is 4.46. The fraction of sp³-hybridized carbons (Fsp3) is 0.500. The Kier molecular flexibility index (Phi) is 3.17. The first-order valence-corrected chi connectivity index (χ1v) is 5.96. The first-order valence-electron chi connectivity index (χ1n) is 5.96. The summed E-state index contributed by atoms with van der Waals surface area (Å²) in [4.78, 5) is 0. The van der Waals surface area contributed by atoms with Gasteiger partial charge >= 0.3 is 0 Å². The van der Waals surface area contributed by atoms with E-state index in [4.69, 9.17) is 5.26 Å². The molecule has 0 heterocycles. The fourth-order valence-electron chi connectivity index (χ4n) is 2.03. The maximum Gasteiger partial charge on any atom is 0.129 e. The highest BCUT2D eigenvalue weighted by molar-refractivity contribution is 5.32. The molecule has 1 aromatic carbocycles. The first kappa shape index (κ1) is 12.1. The highest BCUT2D eigenvalue weighted by Crippen LogP contribution is 2.39. The first-order chi connectivity index (χ1) is 8.03. The SMILES string of the molecule is CC(C)(NCc1ccc(C#N)cc1F)C1CC1. The zero-order valence-corrected chi connectivity index (χ0v) is 10.3. The van der Waals surface area contributed by atoms with Crippen molar-refractivity contribution in [2.75, 3.05) is 0 Å². The van der Waals surface area contributed by atoms with Gasteiger partial charge in [0.25, 0.3) is 0 Å². The molecule has 1 aliphatic rings. The van der Waals surface area contributed by atoms with Crippen LogP contribution < -0.4 is 5.32 Å². The van der Waals surface area contributed by atoms with Crippen molar-refractivity contribution in [3.05, 3.63) is 35.1 Å². The molecule has 2 nitrogen and oxygen atoms in total. The van der Waals surface area contributed by atoms with Crippen LogP contribution >= 0.6 is 0 Å². The van der Waals surface area contributed by atoms with Crippen LogP contribution in [0.3, 0.4) is 0 Å². The quantitative estimate of drug-likeness (QED) is 0.866. The molecule has 3 heteroatoms. The molecule has 0 bridgehead atoms. The summed E-state index contributed by atoms with van der Waals surface area (Å²) in [6.07, 6.45) is 2.52. The summed E-state index contributed by atoms with van der Waals surface area (Å²) in [7, 11) is 0. The molecule has 0 atom stereocenters. The molecule has 0 amide bonds. The van der Waals surface area contributed by atoms with Crippen molar-refractivity contribution in [3.8, 4) is 6.07 Å². The molecule has 90 valence electrons. The van der Waals surface area contributed by atoms with E-state index < -0.39 is 0 Å². The number of hydrogen-bond donors (Lipinski definition) is 1. The Balaban J connectivity index is 2.02. The molecule has 0 aliphatic heterocycles. The van der Waals surface area contributed by atoms with E-state index in [1.54, 1.807) is 12.1 Å². The fourth-order valence-corrected chi connectivity index (χ4v) is 2.03. The van der Waals surface area contributed by atoms with Gasteiger partial charge in [0.05, 0.1) is 11.6 Å². The van der Waals surface area contributed by atoms with Gasteiger partial charge in [0.1, 0.15) is 5.82 Å². The van der Waals surface area contributed by atoms with E-state index in [-0.39, 0.29) is 11.4 Å². The molecule has 1 aliphatic carbocycles. The zero-order valence-electron chi connectivity index (χ0n) is 10.3. The van der Waals surface area contributed by atoms with Crippen LogP contribution in [0.4, 0.5) is 4.39 Å². The van der Waals surface area contributed by atoms with E-state index in [1.807, 2.05) is 6.07 Å². The lowest BCUT2D eigenvalue weighted by Crippen LogP contribution is -2.40. The van der Waals surface area contributed by atoms with Crippen molar-refractivity contribution in [2.24, 2.45) is 5.92 Å². The van der Waals surface area contributed by atoms with E-state index in [9.17, 15) is 4.39 Å². The molecule has 0 unspecified atom stereocenters. The van der Waals surface area contributed by atoms with Crippen LogP contribution in [0.2, 0.25) is 0 Å². The number of nitrogens with one attached hydrogen (secondary N) is 1. The number of rotatable bonds is 4. The molecule has 1 fully saturated rings. The molecule has 1 saturated carbocycles. The van der Waals surface area contributed by atoms with E-state index in [1.165, 1.54) is 18.9 Å². The van der Waals surface area contributed by atoms with Crippen molar-refractivity contribution in [1.82, 2.24) is 5.32 Å². The van der Waals surface area contributed by atoms with Crippen molar-refractivity contribution < 1.29 is 4.39 Å². The summed E-state index contributed by atoms with van der Waals surface area (Å²) in [6, 6.07) is 6.57. The maximum absolute atomic E-state index is 13.6. The molecule has 2 rings (SSSR count). The Morgan fingerprint density at radius 1 is 1.47 bits per heavy atom. The van der Waals surface area contributed by atoms with E-state index in [0.29, 0.717) is 23.6 Å². The summed E-state index contributed by atoms with van der Waals surface area (Å²) in [5.41, 5.74) is 1.06. The van der Waals surface area contributed by atoms with Crippen LogP contribution in [0.25, 0.3) is 0 Å². The van der Waals surface area contributed by atoms with Crippen molar-refractivity contribution in [3.63, 3.8) is 0 Å². The minimum Gasteiger partial charge on any atom is -0.307 e. The number of benzene rings is 1. The lowest BCUT2D eigenvalue weighted by Gasteiger charge is -2.26. The van der Waals surface area contributed by atoms with Gasteiger partial charge in [-0.2, -0.15) is 5.26 Å². The maximum atomic E-state index is 13.6. The summed E-state index contributed by atoms with van der Waals surface area (Å²) in [5.74, 6) is 0.409. The zero-order chi connectivity index (χ0) is 12.5. The van der Waals surface area contributed by atoms with Gasteiger partial charge in [-0.15, -0.1) is 0 Å². The van der Waals surface area contributed by atoms with Crippen LogP contribution in [0, 0.1) is 23.1 Å². The largest absolute Gasteiger partial charge is 0.307 e. The third-order valence-corrected chi connectivity index (χ3v) is 3.51. The van der Waals surface area contributed by atoms with Crippen LogP contribution in [0.15, 0.2) is 18.2 Å². The predicted molar refractivity (Wildman–Crippen MR) is 64.8 cm³/mol.